The van der Waals surface area contributed by atoms with E-state index in [9.17, 15) is 0 Å². The van der Waals surface area contributed by atoms with Crippen molar-refractivity contribution in [2.75, 3.05) is 12.0 Å². The van der Waals surface area contributed by atoms with Gasteiger partial charge < -0.3 is 11.5 Å². The van der Waals surface area contributed by atoms with Gasteiger partial charge in [-0.25, -0.2) is 0 Å². The molecule has 0 spiro atoms. The van der Waals surface area contributed by atoms with Gasteiger partial charge in [0.25, 0.3) is 0 Å². The third-order valence-corrected chi connectivity index (χ3v) is 3.95. The van der Waals surface area contributed by atoms with Gasteiger partial charge in [-0.05, 0) is 35.9 Å². The molecule has 1 unspecified atom stereocenters. The first-order valence-electron chi connectivity index (χ1n) is 5.23. The van der Waals surface area contributed by atoms with Crippen LogP contribution in [0.15, 0.2) is 42.5 Å². The summed E-state index contributed by atoms with van der Waals surface area (Å²) in [6, 6.07) is 7.88. The Balaban J connectivity index is 2.45. The second-order valence-corrected chi connectivity index (χ2v) is 5.07. The molecule has 0 saturated carbocycles. The smallest absolute Gasteiger partial charge is 0.0914 e. The van der Waals surface area contributed by atoms with Gasteiger partial charge in [0.2, 0.25) is 0 Å². The quantitative estimate of drug-likeness (QED) is 0.609. The molecule has 84 valence electrons. The molecular weight excluding hydrogens is 216 g/mol. The molecule has 0 aromatic heterocycles. The SMILES string of the molecule is CSC1(N)CC=CC=C1c1cccc(N)c1. The first-order valence-corrected chi connectivity index (χ1v) is 6.45. The summed E-state index contributed by atoms with van der Waals surface area (Å²) in [5, 5.41) is 0. The molecule has 1 aliphatic rings. The number of anilines is 1. The highest BCUT2D eigenvalue weighted by Gasteiger charge is 2.29. The summed E-state index contributed by atoms with van der Waals surface area (Å²) >= 11 is 1.67. The van der Waals surface area contributed by atoms with Crippen LogP contribution in [0.4, 0.5) is 5.69 Å². The van der Waals surface area contributed by atoms with Crippen LogP contribution in [0.1, 0.15) is 12.0 Å². The number of hydrogen-bond acceptors (Lipinski definition) is 3. The van der Waals surface area contributed by atoms with Crippen molar-refractivity contribution in [3.05, 3.63) is 48.1 Å². The molecule has 3 heteroatoms. The summed E-state index contributed by atoms with van der Waals surface area (Å²) in [7, 11) is 0. The molecule has 2 nitrogen and oxygen atoms in total. The summed E-state index contributed by atoms with van der Waals surface area (Å²) in [6.07, 6.45) is 9.13. The summed E-state index contributed by atoms with van der Waals surface area (Å²) in [6.45, 7) is 0. The van der Waals surface area contributed by atoms with E-state index in [1.807, 2.05) is 24.5 Å². The summed E-state index contributed by atoms with van der Waals surface area (Å²) in [4.78, 5) is -0.331. The summed E-state index contributed by atoms with van der Waals surface area (Å²) < 4.78 is 0. The molecule has 0 bridgehead atoms. The number of nitrogen functional groups attached to an aromatic ring is 1. The van der Waals surface area contributed by atoms with Crippen molar-refractivity contribution in [1.29, 1.82) is 0 Å². The van der Waals surface area contributed by atoms with Crippen LogP contribution < -0.4 is 11.5 Å². The lowest BCUT2D eigenvalue weighted by atomic mass is 9.92. The Morgan fingerprint density at radius 3 is 2.88 bits per heavy atom. The van der Waals surface area contributed by atoms with Gasteiger partial charge in [-0.2, -0.15) is 0 Å². The van der Waals surface area contributed by atoms with Crippen molar-refractivity contribution in [1.82, 2.24) is 0 Å². The summed E-state index contributed by atoms with van der Waals surface area (Å²) in [5.41, 5.74) is 15.2. The van der Waals surface area contributed by atoms with Crippen molar-refractivity contribution in [3.63, 3.8) is 0 Å². The monoisotopic (exact) mass is 232 g/mol. The Bertz CT molecular complexity index is 451. The molecule has 0 aliphatic heterocycles. The maximum atomic E-state index is 6.39. The summed E-state index contributed by atoms with van der Waals surface area (Å²) in [5.74, 6) is 0. The first kappa shape index (κ1) is 11.3. The predicted molar refractivity (Wildman–Crippen MR) is 73.0 cm³/mol. The van der Waals surface area contributed by atoms with E-state index in [1.54, 1.807) is 11.8 Å². The number of nitrogens with two attached hydrogens (primary N) is 2. The maximum absolute atomic E-state index is 6.39. The zero-order chi connectivity index (χ0) is 11.6. The van der Waals surface area contributed by atoms with Crippen LogP contribution in [0.2, 0.25) is 0 Å². The van der Waals surface area contributed by atoms with Crippen LogP contribution in [0.5, 0.6) is 0 Å². The first-order chi connectivity index (χ1) is 7.65. The van der Waals surface area contributed by atoms with Gasteiger partial charge in [-0.15, -0.1) is 11.8 Å². The van der Waals surface area contributed by atoms with E-state index in [0.29, 0.717) is 0 Å². The fourth-order valence-electron chi connectivity index (χ4n) is 1.90. The van der Waals surface area contributed by atoms with Crippen molar-refractivity contribution in [2.45, 2.75) is 11.3 Å². The maximum Gasteiger partial charge on any atom is 0.0914 e. The van der Waals surface area contributed by atoms with E-state index in [2.05, 4.69) is 24.3 Å². The van der Waals surface area contributed by atoms with E-state index < -0.39 is 0 Å². The average Bonchev–Trinajstić information content (AvgIpc) is 2.29. The lowest BCUT2D eigenvalue weighted by molar-refractivity contribution is 0.779. The molecule has 16 heavy (non-hydrogen) atoms. The van der Waals surface area contributed by atoms with E-state index in [-0.39, 0.29) is 4.87 Å². The molecule has 4 N–H and O–H groups in total. The molecule has 0 radical (unpaired) electrons. The Labute approximate surface area is 100 Å². The van der Waals surface area contributed by atoms with E-state index in [4.69, 9.17) is 11.5 Å². The van der Waals surface area contributed by atoms with Gasteiger partial charge in [-0.3, -0.25) is 0 Å². The van der Waals surface area contributed by atoms with Gasteiger partial charge in [0.1, 0.15) is 0 Å². The predicted octanol–water partition coefficient (Wildman–Crippen LogP) is 2.63. The largest absolute Gasteiger partial charge is 0.399 e. The third-order valence-electron chi connectivity index (χ3n) is 2.84. The van der Waals surface area contributed by atoms with Gasteiger partial charge in [0.15, 0.2) is 0 Å². The highest BCUT2D eigenvalue weighted by Crippen LogP contribution is 2.38. The molecule has 1 aromatic rings. The standard InChI is InChI=1S/C13H16N2S/c1-16-13(15)8-3-2-7-12(13)10-5-4-6-11(14)9-10/h2-7,9H,8,14-15H2,1H3. The van der Waals surface area contributed by atoms with E-state index in [1.165, 1.54) is 0 Å². The zero-order valence-electron chi connectivity index (χ0n) is 9.31. The number of allylic oxidation sites excluding steroid dienone is 2. The molecule has 1 aromatic carbocycles. The minimum absolute atomic E-state index is 0.331. The number of hydrogen-bond donors (Lipinski definition) is 2. The van der Waals surface area contributed by atoms with Crippen molar-refractivity contribution >= 4 is 23.0 Å². The van der Waals surface area contributed by atoms with Crippen LogP contribution in [-0.2, 0) is 0 Å². The molecule has 2 rings (SSSR count). The van der Waals surface area contributed by atoms with Gasteiger partial charge in [-0.1, -0.05) is 30.4 Å². The molecular formula is C13H16N2S. The minimum Gasteiger partial charge on any atom is -0.399 e. The van der Waals surface area contributed by atoms with Crippen LogP contribution in [-0.4, -0.2) is 11.1 Å². The minimum atomic E-state index is -0.331. The van der Waals surface area contributed by atoms with Gasteiger partial charge >= 0.3 is 0 Å². The van der Waals surface area contributed by atoms with Crippen LogP contribution >= 0.6 is 11.8 Å². The van der Waals surface area contributed by atoms with Gasteiger partial charge in [0.05, 0.1) is 4.87 Å². The Morgan fingerprint density at radius 1 is 1.38 bits per heavy atom. The van der Waals surface area contributed by atoms with Crippen molar-refractivity contribution in [2.24, 2.45) is 5.73 Å². The zero-order valence-corrected chi connectivity index (χ0v) is 10.1. The van der Waals surface area contributed by atoms with Crippen molar-refractivity contribution < 1.29 is 0 Å². The highest BCUT2D eigenvalue weighted by molar-refractivity contribution is 8.00. The number of benzene rings is 1. The van der Waals surface area contributed by atoms with Crippen molar-refractivity contribution in [3.8, 4) is 0 Å². The molecule has 0 amide bonds. The van der Waals surface area contributed by atoms with Gasteiger partial charge in [0, 0.05) is 5.69 Å². The van der Waals surface area contributed by atoms with E-state index >= 15 is 0 Å². The normalized spacial score (nSPS) is 24.2. The Morgan fingerprint density at radius 2 is 2.19 bits per heavy atom. The molecule has 0 fully saturated rings. The fourth-order valence-corrected chi connectivity index (χ4v) is 2.57. The average molecular weight is 232 g/mol. The molecule has 1 atom stereocenters. The topological polar surface area (TPSA) is 52.0 Å². The number of thioether (sulfide) groups is 1. The second kappa shape index (κ2) is 4.36. The van der Waals surface area contributed by atoms with Crippen LogP contribution in [0, 0.1) is 0 Å². The molecule has 0 saturated heterocycles. The fraction of sp³-hybridized carbons (Fsp3) is 0.231. The Kier molecular flexibility index (Phi) is 3.08. The highest BCUT2D eigenvalue weighted by atomic mass is 32.2. The lowest BCUT2D eigenvalue weighted by Crippen LogP contribution is -2.37. The lowest BCUT2D eigenvalue weighted by Gasteiger charge is -2.31. The third kappa shape index (κ3) is 2.01. The van der Waals surface area contributed by atoms with Crippen LogP contribution in [0.25, 0.3) is 5.57 Å². The van der Waals surface area contributed by atoms with E-state index in [0.717, 1.165) is 23.2 Å². The Hall–Kier alpha value is -1.19. The molecule has 1 aliphatic carbocycles. The second-order valence-electron chi connectivity index (χ2n) is 3.93. The molecule has 0 heterocycles. The van der Waals surface area contributed by atoms with Crippen LogP contribution in [0.3, 0.4) is 0 Å². The number of rotatable bonds is 2.